The average molecular weight is 333 g/mol. The number of aliphatic hydroxyl groups excluding tert-OH is 1. The zero-order valence-corrected chi connectivity index (χ0v) is 13.6. The first-order chi connectivity index (χ1) is 9.96. The highest BCUT2D eigenvalue weighted by Gasteiger charge is 2.34. The minimum atomic E-state index is -3.59. The summed E-state index contributed by atoms with van der Waals surface area (Å²) in [5.74, 6) is 0. The molecule has 7 heteroatoms. The summed E-state index contributed by atoms with van der Waals surface area (Å²) in [7, 11) is -2.05. The Morgan fingerprint density at radius 3 is 2.76 bits per heavy atom. The van der Waals surface area contributed by atoms with Crippen LogP contribution in [0.4, 0.5) is 0 Å². The van der Waals surface area contributed by atoms with E-state index in [2.05, 4.69) is 0 Å². The second-order valence-corrected chi connectivity index (χ2v) is 7.69. The van der Waals surface area contributed by atoms with Gasteiger partial charge in [-0.2, -0.15) is 17.0 Å². The number of nitrogens with zero attached hydrogens (tertiary/aromatic N) is 2. The predicted octanol–water partition coefficient (Wildman–Crippen LogP) is 1.86. The molecule has 0 spiro atoms. The molecule has 0 aromatic heterocycles. The van der Waals surface area contributed by atoms with Crippen molar-refractivity contribution >= 4 is 21.8 Å². The molecule has 0 bridgehead atoms. The minimum absolute atomic E-state index is 0.140. The summed E-state index contributed by atoms with van der Waals surface area (Å²) in [5, 5.41) is 9.95. The van der Waals surface area contributed by atoms with Crippen LogP contribution in [0.15, 0.2) is 24.3 Å². The molecule has 1 aliphatic rings. The molecule has 118 valence electrons. The van der Waals surface area contributed by atoms with Crippen molar-refractivity contribution in [1.82, 2.24) is 8.61 Å². The van der Waals surface area contributed by atoms with Crippen LogP contribution >= 0.6 is 11.6 Å². The van der Waals surface area contributed by atoms with Crippen LogP contribution in [0, 0.1) is 0 Å². The van der Waals surface area contributed by atoms with Gasteiger partial charge in [0.2, 0.25) is 0 Å². The summed E-state index contributed by atoms with van der Waals surface area (Å²) < 4.78 is 28.0. The lowest BCUT2D eigenvalue weighted by Crippen LogP contribution is -2.50. The largest absolute Gasteiger partial charge is 0.395 e. The molecule has 1 aromatic rings. The summed E-state index contributed by atoms with van der Waals surface area (Å²) in [6.45, 7) is 0.538. The highest BCUT2D eigenvalue weighted by molar-refractivity contribution is 7.86. The van der Waals surface area contributed by atoms with Crippen LogP contribution in [0.3, 0.4) is 0 Å². The molecule has 21 heavy (non-hydrogen) atoms. The quantitative estimate of drug-likeness (QED) is 0.895. The smallest absolute Gasteiger partial charge is 0.282 e. The Balaban J connectivity index is 2.16. The standard InChI is InChI=1S/C14H21ClN2O3S/c1-16(10-12-6-2-3-8-14(12)15)21(19,20)17-9-5-4-7-13(17)11-18/h2-3,6,8,13,18H,4-5,7,9-11H2,1H3. The maximum absolute atomic E-state index is 12.7. The fourth-order valence-corrected chi connectivity index (χ4v) is 4.35. The highest BCUT2D eigenvalue weighted by Crippen LogP contribution is 2.24. The first kappa shape index (κ1) is 16.7. The van der Waals surface area contributed by atoms with E-state index in [0.717, 1.165) is 18.4 Å². The van der Waals surface area contributed by atoms with Gasteiger partial charge in [0.05, 0.1) is 6.61 Å². The van der Waals surface area contributed by atoms with E-state index in [0.29, 0.717) is 18.0 Å². The zero-order valence-electron chi connectivity index (χ0n) is 12.1. The Morgan fingerprint density at radius 2 is 2.10 bits per heavy atom. The Hall–Kier alpha value is -0.660. The van der Waals surface area contributed by atoms with E-state index in [9.17, 15) is 13.5 Å². The van der Waals surface area contributed by atoms with E-state index >= 15 is 0 Å². The SMILES string of the molecule is CN(Cc1ccccc1Cl)S(=O)(=O)N1CCCCC1CO. The number of aliphatic hydroxyl groups is 1. The molecule has 0 aliphatic carbocycles. The third-order valence-corrected chi connectivity index (χ3v) is 6.18. The van der Waals surface area contributed by atoms with Gasteiger partial charge in [0, 0.05) is 31.2 Å². The van der Waals surface area contributed by atoms with Gasteiger partial charge in [-0.3, -0.25) is 0 Å². The highest BCUT2D eigenvalue weighted by atomic mass is 35.5. The molecule has 0 radical (unpaired) electrons. The van der Waals surface area contributed by atoms with Gasteiger partial charge in [0.1, 0.15) is 0 Å². The molecule has 1 aliphatic heterocycles. The molecular formula is C14H21ClN2O3S. The molecule has 2 rings (SSSR count). The van der Waals surface area contributed by atoms with E-state index in [1.165, 1.54) is 8.61 Å². The van der Waals surface area contributed by atoms with Crippen molar-refractivity contribution in [2.45, 2.75) is 31.8 Å². The Bertz CT molecular complexity index is 579. The molecule has 1 saturated heterocycles. The molecule has 0 amide bonds. The third-order valence-electron chi connectivity index (χ3n) is 3.82. The van der Waals surface area contributed by atoms with Crippen LogP contribution in [-0.2, 0) is 16.8 Å². The summed E-state index contributed by atoms with van der Waals surface area (Å²) in [4.78, 5) is 0. The van der Waals surface area contributed by atoms with Gasteiger partial charge in [-0.1, -0.05) is 36.2 Å². The van der Waals surface area contributed by atoms with Gasteiger partial charge in [-0.15, -0.1) is 0 Å². The van der Waals surface area contributed by atoms with Gasteiger partial charge in [0.25, 0.3) is 10.2 Å². The number of benzene rings is 1. The van der Waals surface area contributed by atoms with E-state index < -0.39 is 10.2 Å². The van der Waals surface area contributed by atoms with Gasteiger partial charge >= 0.3 is 0 Å². The molecule has 1 N–H and O–H groups in total. The molecular weight excluding hydrogens is 312 g/mol. The van der Waals surface area contributed by atoms with Crippen molar-refractivity contribution < 1.29 is 13.5 Å². The van der Waals surface area contributed by atoms with E-state index in [-0.39, 0.29) is 19.2 Å². The summed E-state index contributed by atoms with van der Waals surface area (Å²) in [5.41, 5.74) is 0.766. The molecule has 1 heterocycles. The van der Waals surface area contributed by atoms with Gasteiger partial charge in [0.15, 0.2) is 0 Å². The lowest BCUT2D eigenvalue weighted by Gasteiger charge is -2.36. The lowest BCUT2D eigenvalue weighted by atomic mass is 10.1. The predicted molar refractivity (Wildman–Crippen MR) is 83.3 cm³/mol. The van der Waals surface area contributed by atoms with E-state index in [1.807, 2.05) is 18.2 Å². The van der Waals surface area contributed by atoms with Crippen molar-refractivity contribution in [3.63, 3.8) is 0 Å². The second kappa shape index (κ2) is 7.07. The summed E-state index contributed by atoms with van der Waals surface area (Å²) in [6.07, 6.45) is 2.48. The molecule has 1 fully saturated rings. The van der Waals surface area contributed by atoms with Crippen LogP contribution in [0.1, 0.15) is 24.8 Å². The summed E-state index contributed by atoms with van der Waals surface area (Å²) in [6, 6.07) is 6.88. The van der Waals surface area contributed by atoms with Crippen LogP contribution in [0.2, 0.25) is 5.02 Å². The second-order valence-electron chi connectivity index (χ2n) is 5.30. The van der Waals surface area contributed by atoms with Crippen molar-refractivity contribution in [3.8, 4) is 0 Å². The third kappa shape index (κ3) is 3.76. The van der Waals surface area contributed by atoms with Crippen LogP contribution in [0.5, 0.6) is 0 Å². The van der Waals surface area contributed by atoms with Crippen LogP contribution in [-0.4, -0.2) is 48.4 Å². The van der Waals surface area contributed by atoms with Crippen molar-refractivity contribution in [2.75, 3.05) is 20.2 Å². The summed E-state index contributed by atoms with van der Waals surface area (Å²) >= 11 is 6.09. The maximum atomic E-state index is 12.7. The van der Waals surface area contributed by atoms with Gasteiger partial charge in [-0.25, -0.2) is 0 Å². The number of hydrogen-bond acceptors (Lipinski definition) is 3. The molecule has 5 nitrogen and oxygen atoms in total. The first-order valence-electron chi connectivity index (χ1n) is 7.04. The Labute approximate surface area is 131 Å². The van der Waals surface area contributed by atoms with Crippen molar-refractivity contribution in [3.05, 3.63) is 34.9 Å². The van der Waals surface area contributed by atoms with Crippen molar-refractivity contribution in [2.24, 2.45) is 0 Å². The number of halogens is 1. The van der Waals surface area contributed by atoms with E-state index in [1.54, 1.807) is 13.1 Å². The average Bonchev–Trinajstić information content (AvgIpc) is 2.49. The van der Waals surface area contributed by atoms with Crippen molar-refractivity contribution in [1.29, 1.82) is 0 Å². The minimum Gasteiger partial charge on any atom is -0.395 e. The topological polar surface area (TPSA) is 60.9 Å². The normalized spacial score (nSPS) is 20.9. The molecule has 0 saturated carbocycles. The molecule has 1 unspecified atom stereocenters. The lowest BCUT2D eigenvalue weighted by molar-refractivity contribution is 0.149. The number of hydrogen-bond donors (Lipinski definition) is 1. The van der Waals surface area contributed by atoms with Gasteiger partial charge in [-0.05, 0) is 24.5 Å². The zero-order chi connectivity index (χ0) is 15.5. The first-order valence-corrected chi connectivity index (χ1v) is 8.81. The Morgan fingerprint density at radius 1 is 1.38 bits per heavy atom. The fourth-order valence-electron chi connectivity index (χ4n) is 2.59. The Kier molecular flexibility index (Phi) is 5.62. The van der Waals surface area contributed by atoms with Crippen LogP contribution in [0.25, 0.3) is 0 Å². The number of piperidine rings is 1. The molecule has 1 aromatic carbocycles. The number of rotatable bonds is 5. The molecule has 1 atom stereocenters. The fraction of sp³-hybridized carbons (Fsp3) is 0.571. The van der Waals surface area contributed by atoms with E-state index in [4.69, 9.17) is 11.6 Å². The van der Waals surface area contributed by atoms with Crippen LogP contribution < -0.4 is 0 Å². The van der Waals surface area contributed by atoms with Gasteiger partial charge < -0.3 is 5.11 Å². The maximum Gasteiger partial charge on any atom is 0.282 e. The monoisotopic (exact) mass is 332 g/mol.